The minimum atomic E-state index is 0.129. The summed E-state index contributed by atoms with van der Waals surface area (Å²) in [6.45, 7) is 3.98. The Bertz CT molecular complexity index is 297. The molecule has 1 aromatic rings. The van der Waals surface area contributed by atoms with Gasteiger partial charge in [0.2, 0.25) is 0 Å². The average molecular weight is 180 g/mol. The molecule has 0 unspecified atom stereocenters. The van der Waals surface area contributed by atoms with Gasteiger partial charge >= 0.3 is 0 Å². The zero-order valence-electron chi connectivity index (χ0n) is 7.33. The second kappa shape index (κ2) is 4.21. The molecule has 64 valence electrons. The number of carbonyl (C=O) groups excluding carboxylic acids is 1. The first-order valence-electron chi connectivity index (χ1n) is 4.00. The van der Waals surface area contributed by atoms with Gasteiger partial charge < -0.3 is 0 Å². The molecule has 1 nitrogen and oxygen atoms in total. The number of aryl methyl sites for hydroxylation is 1. The van der Waals surface area contributed by atoms with Crippen LogP contribution in [0.1, 0.15) is 28.6 Å². The van der Waals surface area contributed by atoms with Crippen LogP contribution < -0.4 is 0 Å². The highest BCUT2D eigenvalue weighted by atomic mass is 32.1. The van der Waals surface area contributed by atoms with E-state index in [1.807, 2.05) is 31.4 Å². The SMILES string of the molecule is CC/C=C/C(=O)c1sccc1C. The molecule has 0 N–H and O–H groups in total. The Morgan fingerprint density at radius 3 is 2.92 bits per heavy atom. The predicted octanol–water partition coefficient (Wildman–Crippen LogP) is 3.21. The van der Waals surface area contributed by atoms with Crippen molar-refractivity contribution < 1.29 is 4.79 Å². The summed E-state index contributed by atoms with van der Waals surface area (Å²) in [5.74, 6) is 0.129. The van der Waals surface area contributed by atoms with E-state index in [0.29, 0.717) is 0 Å². The van der Waals surface area contributed by atoms with E-state index in [1.54, 1.807) is 6.08 Å². The molecule has 0 atom stereocenters. The van der Waals surface area contributed by atoms with E-state index in [4.69, 9.17) is 0 Å². The Labute approximate surface area is 76.7 Å². The Kier molecular flexibility index (Phi) is 3.23. The highest BCUT2D eigenvalue weighted by Crippen LogP contribution is 2.16. The van der Waals surface area contributed by atoms with Crippen LogP contribution >= 0.6 is 11.3 Å². The van der Waals surface area contributed by atoms with E-state index in [1.165, 1.54) is 11.3 Å². The highest BCUT2D eigenvalue weighted by Gasteiger charge is 2.05. The van der Waals surface area contributed by atoms with Gasteiger partial charge in [-0.2, -0.15) is 0 Å². The van der Waals surface area contributed by atoms with E-state index in [9.17, 15) is 4.79 Å². The fourth-order valence-corrected chi connectivity index (χ4v) is 1.77. The third kappa shape index (κ3) is 2.05. The van der Waals surface area contributed by atoms with Crippen LogP contribution in [-0.2, 0) is 0 Å². The van der Waals surface area contributed by atoms with Crippen LogP contribution in [0.3, 0.4) is 0 Å². The van der Waals surface area contributed by atoms with Gasteiger partial charge in [-0.15, -0.1) is 11.3 Å². The van der Waals surface area contributed by atoms with Crippen molar-refractivity contribution in [1.82, 2.24) is 0 Å². The van der Waals surface area contributed by atoms with Gasteiger partial charge in [0.25, 0.3) is 0 Å². The van der Waals surface area contributed by atoms with Crippen molar-refractivity contribution in [1.29, 1.82) is 0 Å². The summed E-state index contributed by atoms with van der Waals surface area (Å²) in [6.07, 6.45) is 4.45. The molecule has 0 spiro atoms. The molecule has 0 saturated carbocycles. The van der Waals surface area contributed by atoms with Crippen LogP contribution in [0.25, 0.3) is 0 Å². The predicted molar refractivity (Wildman–Crippen MR) is 52.8 cm³/mol. The van der Waals surface area contributed by atoms with Crippen molar-refractivity contribution >= 4 is 17.1 Å². The van der Waals surface area contributed by atoms with Crippen molar-refractivity contribution in [3.63, 3.8) is 0 Å². The number of carbonyl (C=O) groups is 1. The summed E-state index contributed by atoms with van der Waals surface area (Å²) in [6, 6.07) is 1.97. The van der Waals surface area contributed by atoms with Crippen LogP contribution in [0.4, 0.5) is 0 Å². The molecule has 12 heavy (non-hydrogen) atoms. The summed E-state index contributed by atoms with van der Waals surface area (Å²) in [5, 5.41) is 1.95. The van der Waals surface area contributed by atoms with Gasteiger partial charge in [0.15, 0.2) is 5.78 Å². The van der Waals surface area contributed by atoms with Crippen molar-refractivity contribution in [2.75, 3.05) is 0 Å². The van der Waals surface area contributed by atoms with Gasteiger partial charge in [0, 0.05) is 0 Å². The first-order valence-corrected chi connectivity index (χ1v) is 4.88. The van der Waals surface area contributed by atoms with Crippen LogP contribution in [-0.4, -0.2) is 5.78 Å². The topological polar surface area (TPSA) is 17.1 Å². The molecule has 0 aliphatic rings. The second-order valence-electron chi connectivity index (χ2n) is 2.61. The molecule has 0 bridgehead atoms. The summed E-state index contributed by atoms with van der Waals surface area (Å²) < 4.78 is 0. The Hall–Kier alpha value is -0.890. The fraction of sp³-hybridized carbons (Fsp3) is 0.300. The van der Waals surface area contributed by atoms with Crippen molar-refractivity contribution in [2.45, 2.75) is 20.3 Å². The van der Waals surface area contributed by atoms with E-state index in [-0.39, 0.29) is 5.78 Å². The zero-order chi connectivity index (χ0) is 8.97. The molecule has 1 rings (SSSR count). The lowest BCUT2D eigenvalue weighted by Gasteiger charge is -1.90. The highest BCUT2D eigenvalue weighted by molar-refractivity contribution is 7.12. The molecular weight excluding hydrogens is 168 g/mol. The molecule has 0 aromatic carbocycles. The molecule has 0 amide bonds. The standard InChI is InChI=1S/C10H12OS/c1-3-4-5-9(11)10-8(2)6-7-12-10/h4-7H,3H2,1-2H3/b5-4+. The van der Waals surface area contributed by atoms with Gasteiger partial charge in [-0.1, -0.05) is 13.0 Å². The fourth-order valence-electron chi connectivity index (χ4n) is 0.926. The number of rotatable bonds is 3. The molecular formula is C10H12OS. The smallest absolute Gasteiger partial charge is 0.195 e. The van der Waals surface area contributed by atoms with Crippen molar-refractivity contribution in [3.05, 3.63) is 34.0 Å². The summed E-state index contributed by atoms with van der Waals surface area (Å²) in [7, 11) is 0. The third-order valence-corrected chi connectivity index (χ3v) is 2.62. The van der Waals surface area contributed by atoms with Crippen LogP contribution in [0.5, 0.6) is 0 Å². The number of thiophene rings is 1. The second-order valence-corrected chi connectivity index (χ2v) is 3.52. The maximum absolute atomic E-state index is 11.4. The van der Waals surface area contributed by atoms with Gasteiger partial charge in [-0.3, -0.25) is 4.79 Å². The summed E-state index contributed by atoms with van der Waals surface area (Å²) in [5.41, 5.74) is 1.07. The molecule has 0 saturated heterocycles. The normalized spacial score (nSPS) is 10.8. The van der Waals surface area contributed by atoms with E-state index < -0.39 is 0 Å². The third-order valence-electron chi connectivity index (χ3n) is 1.59. The number of hydrogen-bond donors (Lipinski definition) is 0. The van der Waals surface area contributed by atoms with Crippen LogP contribution in [0, 0.1) is 6.92 Å². The van der Waals surface area contributed by atoms with Gasteiger partial charge in [0.1, 0.15) is 0 Å². The first kappa shape index (κ1) is 9.20. The maximum atomic E-state index is 11.4. The van der Waals surface area contributed by atoms with Crippen LogP contribution in [0.15, 0.2) is 23.6 Å². The molecule has 0 aliphatic heterocycles. The molecule has 2 heteroatoms. The van der Waals surface area contributed by atoms with Gasteiger partial charge in [-0.25, -0.2) is 0 Å². The lowest BCUT2D eigenvalue weighted by atomic mass is 10.2. The molecule has 0 aliphatic carbocycles. The van der Waals surface area contributed by atoms with Gasteiger partial charge in [0.05, 0.1) is 4.88 Å². The largest absolute Gasteiger partial charge is 0.288 e. The Morgan fingerprint density at radius 1 is 1.67 bits per heavy atom. The van der Waals surface area contributed by atoms with E-state index in [0.717, 1.165) is 16.9 Å². The van der Waals surface area contributed by atoms with Crippen LogP contribution in [0.2, 0.25) is 0 Å². The number of ketones is 1. The Balaban J connectivity index is 2.78. The van der Waals surface area contributed by atoms with Crippen molar-refractivity contribution in [3.8, 4) is 0 Å². The molecule has 1 aromatic heterocycles. The molecule has 0 radical (unpaired) electrons. The van der Waals surface area contributed by atoms with Crippen molar-refractivity contribution in [2.24, 2.45) is 0 Å². The lowest BCUT2D eigenvalue weighted by Crippen LogP contribution is -1.91. The zero-order valence-corrected chi connectivity index (χ0v) is 8.15. The Morgan fingerprint density at radius 2 is 2.42 bits per heavy atom. The number of hydrogen-bond acceptors (Lipinski definition) is 2. The quantitative estimate of drug-likeness (QED) is 0.515. The minimum Gasteiger partial charge on any atom is -0.288 e. The average Bonchev–Trinajstić information content (AvgIpc) is 2.47. The monoisotopic (exact) mass is 180 g/mol. The number of allylic oxidation sites excluding steroid dienone is 2. The minimum absolute atomic E-state index is 0.129. The van der Waals surface area contributed by atoms with E-state index in [2.05, 4.69) is 0 Å². The lowest BCUT2D eigenvalue weighted by molar-refractivity contribution is 0.105. The first-order chi connectivity index (χ1) is 5.75. The molecule has 1 heterocycles. The molecule has 0 fully saturated rings. The summed E-state index contributed by atoms with van der Waals surface area (Å²) in [4.78, 5) is 12.3. The maximum Gasteiger partial charge on any atom is 0.195 e. The van der Waals surface area contributed by atoms with Gasteiger partial charge in [-0.05, 0) is 36.4 Å². The van der Waals surface area contributed by atoms with E-state index >= 15 is 0 Å². The summed E-state index contributed by atoms with van der Waals surface area (Å²) >= 11 is 1.51.